The Hall–Kier alpha value is -0.900. The molecule has 0 fully saturated rings. The van der Waals surface area contributed by atoms with Gasteiger partial charge in [0.15, 0.2) is 5.71 Å². The zero-order valence-corrected chi connectivity index (χ0v) is 13.3. The molecule has 2 rings (SSSR count). The number of halogens is 2. The van der Waals surface area contributed by atoms with Gasteiger partial charge in [-0.25, -0.2) is 4.79 Å². The summed E-state index contributed by atoms with van der Waals surface area (Å²) in [6.45, 7) is 0. The number of methoxy groups -OCH3 is 1. The molecule has 0 atom stereocenters. The molecule has 1 aliphatic heterocycles. The molecule has 10 heteroatoms. The van der Waals surface area contributed by atoms with E-state index < -0.39 is 16.2 Å². The molecular formula is C9H6BrClN2O4S2. The van der Waals surface area contributed by atoms with E-state index in [1.807, 2.05) is 0 Å². The SMILES string of the molecule is COC(=O)C1=NS(=O)(=O)NC(c2cc(Cl)c(Br)s2)=C1. The van der Waals surface area contributed by atoms with Crippen molar-refractivity contribution in [3.05, 3.63) is 25.8 Å². The first-order valence-corrected chi connectivity index (χ1v) is 8.13. The topological polar surface area (TPSA) is 84.8 Å². The second kappa shape index (κ2) is 5.23. The van der Waals surface area contributed by atoms with Gasteiger partial charge in [0, 0.05) is 0 Å². The zero-order chi connectivity index (χ0) is 14.2. The fourth-order valence-corrected chi connectivity index (χ4v) is 3.90. The molecule has 6 nitrogen and oxygen atoms in total. The van der Waals surface area contributed by atoms with Crippen LogP contribution in [0.25, 0.3) is 5.70 Å². The van der Waals surface area contributed by atoms with Crippen LogP contribution >= 0.6 is 38.9 Å². The quantitative estimate of drug-likeness (QED) is 0.789. The first kappa shape index (κ1) is 14.5. The minimum Gasteiger partial charge on any atom is -0.464 e. The summed E-state index contributed by atoms with van der Waals surface area (Å²) in [5.74, 6) is -0.829. The summed E-state index contributed by atoms with van der Waals surface area (Å²) in [4.78, 5) is 11.9. The van der Waals surface area contributed by atoms with E-state index in [0.717, 1.165) is 7.11 Å². The van der Waals surface area contributed by atoms with Gasteiger partial charge in [0.05, 0.1) is 26.5 Å². The molecule has 19 heavy (non-hydrogen) atoms. The van der Waals surface area contributed by atoms with Crippen LogP contribution in [0.5, 0.6) is 0 Å². The summed E-state index contributed by atoms with van der Waals surface area (Å²) in [6, 6.07) is 1.57. The van der Waals surface area contributed by atoms with Crippen LogP contribution in [0.4, 0.5) is 0 Å². The number of carbonyl (C=O) groups is 1. The Morgan fingerprint density at radius 1 is 1.58 bits per heavy atom. The van der Waals surface area contributed by atoms with Crippen molar-refractivity contribution < 1.29 is 17.9 Å². The fraction of sp³-hybridized carbons (Fsp3) is 0.111. The van der Waals surface area contributed by atoms with E-state index in [2.05, 4.69) is 29.8 Å². The van der Waals surface area contributed by atoms with E-state index in [1.165, 1.54) is 17.4 Å². The van der Waals surface area contributed by atoms with Crippen LogP contribution in [0.1, 0.15) is 4.88 Å². The Morgan fingerprint density at radius 2 is 2.26 bits per heavy atom. The summed E-state index contributed by atoms with van der Waals surface area (Å²) in [7, 11) is -2.83. The molecule has 0 saturated heterocycles. The second-order valence-corrected chi connectivity index (χ2v) is 7.45. The maximum Gasteiger partial charge on any atom is 0.357 e. The van der Waals surface area contributed by atoms with Gasteiger partial charge < -0.3 is 4.74 Å². The molecular weight excluding hydrogens is 380 g/mol. The summed E-state index contributed by atoms with van der Waals surface area (Å²) in [5, 5.41) is 0.447. The smallest absolute Gasteiger partial charge is 0.357 e. The third-order valence-electron chi connectivity index (χ3n) is 2.04. The molecule has 1 N–H and O–H groups in total. The molecule has 102 valence electrons. The van der Waals surface area contributed by atoms with Crippen molar-refractivity contribution in [2.45, 2.75) is 0 Å². The molecule has 0 saturated carbocycles. The number of nitrogens with zero attached hydrogens (tertiary/aromatic N) is 1. The van der Waals surface area contributed by atoms with Gasteiger partial charge >= 0.3 is 16.2 Å². The standard InChI is InChI=1S/C9H6BrClN2O4S2/c1-17-9(14)6-3-5(12-19(15,16)13-6)7-2-4(11)8(10)18-7/h2-3,12H,1H3. The Morgan fingerprint density at radius 3 is 2.79 bits per heavy atom. The van der Waals surface area contributed by atoms with E-state index in [1.54, 1.807) is 6.07 Å². The molecule has 2 heterocycles. The molecule has 0 bridgehead atoms. The third kappa shape index (κ3) is 3.16. The number of hydrogen-bond donors (Lipinski definition) is 1. The first-order chi connectivity index (χ1) is 8.82. The minimum absolute atomic E-state index is 0.216. The molecule has 0 unspecified atom stereocenters. The number of ether oxygens (including phenoxy) is 1. The summed E-state index contributed by atoms with van der Waals surface area (Å²) < 4.78 is 33.8. The third-order valence-corrected chi connectivity index (χ3v) is 5.47. The Balaban J connectivity index is 2.49. The molecule has 0 aliphatic carbocycles. The number of thiophene rings is 1. The van der Waals surface area contributed by atoms with Crippen LogP contribution < -0.4 is 4.72 Å². The van der Waals surface area contributed by atoms with Gasteiger partial charge in [-0.3, -0.25) is 4.72 Å². The number of hydrogen-bond acceptors (Lipinski definition) is 5. The molecule has 1 aromatic rings. The highest BCUT2D eigenvalue weighted by Gasteiger charge is 2.24. The predicted octanol–water partition coefficient (Wildman–Crippen LogP) is 1.97. The van der Waals surface area contributed by atoms with E-state index in [9.17, 15) is 13.2 Å². The molecule has 1 aliphatic rings. The van der Waals surface area contributed by atoms with E-state index in [-0.39, 0.29) is 11.4 Å². The molecule has 0 amide bonds. The summed E-state index contributed by atoms with van der Waals surface area (Å²) in [5.41, 5.74) is -0.0788. The molecule has 0 spiro atoms. The summed E-state index contributed by atoms with van der Waals surface area (Å²) >= 11 is 10.3. The van der Waals surface area contributed by atoms with Gasteiger partial charge in [-0.2, -0.15) is 8.42 Å². The number of rotatable bonds is 2. The van der Waals surface area contributed by atoms with Gasteiger partial charge in [-0.1, -0.05) is 11.6 Å². The van der Waals surface area contributed by atoms with Crippen LogP contribution in [0.2, 0.25) is 5.02 Å². The van der Waals surface area contributed by atoms with Crippen molar-refractivity contribution in [2.75, 3.05) is 7.11 Å². The van der Waals surface area contributed by atoms with Crippen LogP contribution in [-0.4, -0.2) is 27.2 Å². The highest BCUT2D eigenvalue weighted by Crippen LogP contribution is 2.35. The monoisotopic (exact) mass is 384 g/mol. The zero-order valence-electron chi connectivity index (χ0n) is 9.31. The van der Waals surface area contributed by atoms with Crippen molar-refractivity contribution in [1.29, 1.82) is 0 Å². The number of nitrogens with one attached hydrogen (secondary N) is 1. The van der Waals surface area contributed by atoms with Gasteiger partial charge in [0.1, 0.15) is 0 Å². The Bertz CT molecular complexity index is 688. The summed E-state index contributed by atoms with van der Waals surface area (Å²) in [6.07, 6.45) is 1.29. The van der Waals surface area contributed by atoms with Crippen molar-refractivity contribution in [3.8, 4) is 0 Å². The highest BCUT2D eigenvalue weighted by atomic mass is 79.9. The van der Waals surface area contributed by atoms with Crippen molar-refractivity contribution in [1.82, 2.24) is 4.72 Å². The largest absolute Gasteiger partial charge is 0.464 e. The lowest BCUT2D eigenvalue weighted by molar-refractivity contribution is -0.132. The Kier molecular flexibility index (Phi) is 4.00. The number of esters is 1. The van der Waals surface area contributed by atoms with Crippen LogP contribution in [0.15, 0.2) is 20.3 Å². The Labute approximate surface area is 126 Å². The van der Waals surface area contributed by atoms with Gasteiger partial charge in [-0.05, 0) is 28.1 Å². The van der Waals surface area contributed by atoms with Crippen molar-refractivity contribution in [2.24, 2.45) is 4.40 Å². The maximum absolute atomic E-state index is 11.6. The maximum atomic E-state index is 11.6. The molecule has 0 radical (unpaired) electrons. The first-order valence-electron chi connectivity index (χ1n) is 4.70. The van der Waals surface area contributed by atoms with Gasteiger partial charge in [0.25, 0.3) is 0 Å². The number of carbonyl (C=O) groups excluding carboxylic acids is 1. The normalized spacial score (nSPS) is 17.2. The van der Waals surface area contributed by atoms with Crippen LogP contribution in [0.3, 0.4) is 0 Å². The lowest BCUT2D eigenvalue weighted by Crippen LogP contribution is -2.29. The average Bonchev–Trinajstić information content (AvgIpc) is 2.66. The fourth-order valence-electron chi connectivity index (χ4n) is 1.29. The predicted molar refractivity (Wildman–Crippen MR) is 76.5 cm³/mol. The van der Waals surface area contributed by atoms with Crippen LogP contribution in [-0.2, 0) is 19.7 Å². The van der Waals surface area contributed by atoms with Crippen molar-refractivity contribution in [3.63, 3.8) is 0 Å². The lowest BCUT2D eigenvalue weighted by atomic mass is 10.2. The van der Waals surface area contributed by atoms with E-state index in [0.29, 0.717) is 13.7 Å². The lowest BCUT2D eigenvalue weighted by Gasteiger charge is -2.12. The van der Waals surface area contributed by atoms with Crippen LogP contribution in [0, 0.1) is 0 Å². The van der Waals surface area contributed by atoms with E-state index >= 15 is 0 Å². The second-order valence-electron chi connectivity index (χ2n) is 3.34. The molecule has 0 aromatic carbocycles. The minimum atomic E-state index is -3.97. The van der Waals surface area contributed by atoms with Gasteiger partial charge in [-0.15, -0.1) is 15.7 Å². The highest BCUT2D eigenvalue weighted by molar-refractivity contribution is 9.11. The van der Waals surface area contributed by atoms with E-state index in [4.69, 9.17) is 11.6 Å². The van der Waals surface area contributed by atoms with Gasteiger partial charge in [0.2, 0.25) is 0 Å². The molecule has 1 aromatic heterocycles. The average molecular weight is 386 g/mol. The van der Waals surface area contributed by atoms with Crippen molar-refractivity contribution >= 4 is 66.5 Å².